The molecule has 0 spiro atoms. The molecule has 1 aliphatic rings. The Hall–Kier alpha value is -0.970. The van der Waals surface area contributed by atoms with E-state index in [2.05, 4.69) is 5.32 Å². The van der Waals surface area contributed by atoms with Gasteiger partial charge in [-0.15, -0.1) is 0 Å². The zero-order valence-electron chi connectivity index (χ0n) is 9.00. The molecule has 16 heavy (non-hydrogen) atoms. The van der Waals surface area contributed by atoms with Crippen molar-refractivity contribution in [2.45, 2.75) is 6.10 Å². The standard InChI is InChI=1S/C11H14ClNO3/c1-15-8-3-2-7(11(14)10(8)12)9-6-13-4-5-16-9/h2-3,9,13-14H,4-6H2,1H3. The van der Waals surface area contributed by atoms with Crippen molar-refractivity contribution >= 4 is 11.6 Å². The van der Waals surface area contributed by atoms with Gasteiger partial charge in [0.15, 0.2) is 0 Å². The number of nitrogens with one attached hydrogen (secondary N) is 1. The molecule has 0 aliphatic carbocycles. The topological polar surface area (TPSA) is 50.7 Å². The Morgan fingerprint density at radius 3 is 3.00 bits per heavy atom. The number of methoxy groups -OCH3 is 1. The predicted octanol–water partition coefficient (Wildman–Crippen LogP) is 1.72. The maximum atomic E-state index is 9.94. The van der Waals surface area contributed by atoms with Crippen LogP contribution in [0.5, 0.6) is 11.5 Å². The monoisotopic (exact) mass is 243 g/mol. The van der Waals surface area contributed by atoms with E-state index in [1.165, 1.54) is 7.11 Å². The van der Waals surface area contributed by atoms with Crippen molar-refractivity contribution in [1.82, 2.24) is 5.32 Å². The minimum absolute atomic E-state index is 0.0368. The fourth-order valence-electron chi connectivity index (χ4n) is 1.74. The van der Waals surface area contributed by atoms with Crippen LogP contribution < -0.4 is 10.1 Å². The van der Waals surface area contributed by atoms with Crippen LogP contribution in [0.4, 0.5) is 0 Å². The third-order valence-corrected chi connectivity index (χ3v) is 2.97. The van der Waals surface area contributed by atoms with Crippen LogP contribution in [0.15, 0.2) is 12.1 Å². The van der Waals surface area contributed by atoms with E-state index in [-0.39, 0.29) is 16.9 Å². The molecule has 1 aromatic rings. The molecule has 0 amide bonds. The number of phenolic OH excluding ortho intramolecular Hbond substituents is 1. The lowest BCUT2D eigenvalue weighted by molar-refractivity contribution is 0.0263. The second-order valence-corrected chi connectivity index (χ2v) is 3.96. The normalized spacial score (nSPS) is 20.8. The van der Waals surface area contributed by atoms with Crippen molar-refractivity contribution in [1.29, 1.82) is 0 Å². The molecule has 0 radical (unpaired) electrons. The van der Waals surface area contributed by atoms with Crippen molar-refractivity contribution in [3.8, 4) is 11.5 Å². The molecular formula is C11H14ClNO3. The first-order chi connectivity index (χ1) is 7.74. The zero-order chi connectivity index (χ0) is 11.5. The van der Waals surface area contributed by atoms with Gasteiger partial charge in [-0.05, 0) is 12.1 Å². The molecule has 2 N–H and O–H groups in total. The smallest absolute Gasteiger partial charge is 0.143 e. The molecule has 1 saturated heterocycles. The number of ether oxygens (including phenoxy) is 2. The Labute approximate surface area is 99.1 Å². The highest BCUT2D eigenvalue weighted by atomic mass is 35.5. The lowest BCUT2D eigenvalue weighted by Crippen LogP contribution is -2.33. The summed E-state index contributed by atoms with van der Waals surface area (Å²) in [6.07, 6.45) is -0.155. The van der Waals surface area contributed by atoms with Gasteiger partial charge in [-0.2, -0.15) is 0 Å². The number of hydrogen-bond acceptors (Lipinski definition) is 4. The van der Waals surface area contributed by atoms with E-state index in [4.69, 9.17) is 21.1 Å². The minimum atomic E-state index is -0.155. The summed E-state index contributed by atoms with van der Waals surface area (Å²) in [6.45, 7) is 2.14. The van der Waals surface area contributed by atoms with E-state index in [0.717, 1.165) is 6.54 Å². The summed E-state index contributed by atoms with van der Waals surface area (Å²) in [7, 11) is 1.51. The molecular weight excluding hydrogens is 230 g/mol. The number of benzene rings is 1. The van der Waals surface area contributed by atoms with Crippen LogP contribution in [0.3, 0.4) is 0 Å². The Morgan fingerprint density at radius 1 is 1.56 bits per heavy atom. The highest BCUT2D eigenvalue weighted by Gasteiger charge is 2.21. The number of hydrogen-bond donors (Lipinski definition) is 2. The molecule has 1 atom stereocenters. The maximum absolute atomic E-state index is 9.94. The summed E-state index contributed by atoms with van der Waals surface area (Å²) in [5.74, 6) is 0.501. The largest absolute Gasteiger partial charge is 0.506 e. The van der Waals surface area contributed by atoms with E-state index in [1.807, 2.05) is 0 Å². The molecule has 0 aromatic heterocycles. The fourth-order valence-corrected chi connectivity index (χ4v) is 1.99. The first-order valence-electron chi connectivity index (χ1n) is 5.11. The molecule has 88 valence electrons. The molecule has 1 fully saturated rings. The van der Waals surface area contributed by atoms with Gasteiger partial charge in [-0.25, -0.2) is 0 Å². The summed E-state index contributed by atoms with van der Waals surface area (Å²) < 4.78 is 10.6. The first kappa shape index (κ1) is 11.5. The average molecular weight is 244 g/mol. The molecule has 0 saturated carbocycles. The van der Waals surface area contributed by atoms with Crippen LogP contribution >= 0.6 is 11.6 Å². The van der Waals surface area contributed by atoms with E-state index in [9.17, 15) is 5.11 Å². The Balaban J connectivity index is 2.30. The zero-order valence-corrected chi connectivity index (χ0v) is 9.75. The van der Waals surface area contributed by atoms with Gasteiger partial charge in [0.05, 0.1) is 19.8 Å². The molecule has 1 unspecified atom stereocenters. The number of aromatic hydroxyl groups is 1. The van der Waals surface area contributed by atoms with Crippen molar-refractivity contribution in [3.63, 3.8) is 0 Å². The summed E-state index contributed by atoms with van der Waals surface area (Å²) in [6, 6.07) is 3.51. The molecule has 1 aromatic carbocycles. The van der Waals surface area contributed by atoms with Crippen LogP contribution in [0, 0.1) is 0 Å². The predicted molar refractivity (Wildman–Crippen MR) is 61.2 cm³/mol. The van der Waals surface area contributed by atoms with Crippen LogP contribution in [0.1, 0.15) is 11.7 Å². The summed E-state index contributed by atoms with van der Waals surface area (Å²) in [5.41, 5.74) is 0.693. The van der Waals surface area contributed by atoms with E-state index in [1.54, 1.807) is 12.1 Å². The van der Waals surface area contributed by atoms with Gasteiger partial charge in [-0.1, -0.05) is 11.6 Å². The van der Waals surface area contributed by atoms with E-state index < -0.39 is 0 Å². The van der Waals surface area contributed by atoms with Crippen molar-refractivity contribution in [2.24, 2.45) is 0 Å². The molecule has 5 heteroatoms. The molecule has 1 heterocycles. The molecule has 1 aliphatic heterocycles. The van der Waals surface area contributed by atoms with Crippen molar-refractivity contribution in [3.05, 3.63) is 22.7 Å². The second-order valence-electron chi connectivity index (χ2n) is 3.58. The van der Waals surface area contributed by atoms with Crippen LogP contribution in [-0.2, 0) is 4.74 Å². The lowest BCUT2D eigenvalue weighted by atomic mass is 10.1. The van der Waals surface area contributed by atoms with Gasteiger partial charge < -0.3 is 19.9 Å². The minimum Gasteiger partial charge on any atom is -0.506 e. The van der Waals surface area contributed by atoms with E-state index in [0.29, 0.717) is 24.5 Å². The summed E-state index contributed by atoms with van der Waals surface area (Å²) >= 11 is 5.97. The van der Waals surface area contributed by atoms with Gasteiger partial charge in [0.2, 0.25) is 0 Å². The number of rotatable bonds is 2. The van der Waals surface area contributed by atoms with Gasteiger partial charge in [-0.3, -0.25) is 0 Å². The SMILES string of the molecule is COc1ccc(C2CNCCO2)c(O)c1Cl. The third-order valence-electron chi connectivity index (χ3n) is 2.61. The number of halogens is 1. The van der Waals surface area contributed by atoms with E-state index >= 15 is 0 Å². The number of phenols is 1. The van der Waals surface area contributed by atoms with Gasteiger partial charge in [0.25, 0.3) is 0 Å². The van der Waals surface area contributed by atoms with Gasteiger partial charge >= 0.3 is 0 Å². The second kappa shape index (κ2) is 4.91. The van der Waals surface area contributed by atoms with Crippen molar-refractivity contribution in [2.75, 3.05) is 26.8 Å². The number of morpholine rings is 1. The highest BCUT2D eigenvalue weighted by Crippen LogP contribution is 2.39. The van der Waals surface area contributed by atoms with Gasteiger partial charge in [0, 0.05) is 18.7 Å². The van der Waals surface area contributed by atoms with Gasteiger partial charge in [0.1, 0.15) is 16.5 Å². The van der Waals surface area contributed by atoms with Crippen LogP contribution in [0.25, 0.3) is 0 Å². The Kier molecular flexibility index (Phi) is 3.53. The average Bonchev–Trinajstić information content (AvgIpc) is 2.34. The maximum Gasteiger partial charge on any atom is 0.143 e. The van der Waals surface area contributed by atoms with Crippen LogP contribution in [0.2, 0.25) is 5.02 Å². The highest BCUT2D eigenvalue weighted by molar-refractivity contribution is 6.33. The summed E-state index contributed by atoms with van der Waals surface area (Å²) in [5, 5.41) is 13.4. The molecule has 4 nitrogen and oxygen atoms in total. The Bertz CT molecular complexity index is 378. The van der Waals surface area contributed by atoms with Crippen LogP contribution in [-0.4, -0.2) is 31.9 Å². The Morgan fingerprint density at radius 2 is 2.38 bits per heavy atom. The summed E-state index contributed by atoms with van der Waals surface area (Å²) in [4.78, 5) is 0. The quantitative estimate of drug-likeness (QED) is 0.831. The third kappa shape index (κ3) is 2.09. The molecule has 0 bridgehead atoms. The van der Waals surface area contributed by atoms with Crippen molar-refractivity contribution < 1.29 is 14.6 Å². The fraction of sp³-hybridized carbons (Fsp3) is 0.455. The first-order valence-corrected chi connectivity index (χ1v) is 5.49. The lowest BCUT2D eigenvalue weighted by Gasteiger charge is -2.25. The molecule has 2 rings (SSSR count).